The Bertz CT molecular complexity index is 218. The van der Waals surface area contributed by atoms with Crippen LogP contribution in [0.4, 0.5) is 0 Å². The van der Waals surface area contributed by atoms with Crippen molar-refractivity contribution in [1.82, 2.24) is 0 Å². The first kappa shape index (κ1) is 8.79. The number of halogens is 1. The van der Waals surface area contributed by atoms with Gasteiger partial charge in [0.15, 0.2) is 0 Å². The third kappa shape index (κ3) is 2.33. The van der Waals surface area contributed by atoms with Crippen LogP contribution in [0, 0.1) is 0 Å². The predicted octanol–water partition coefficient (Wildman–Crippen LogP) is 3.53. The van der Waals surface area contributed by atoms with Crippen molar-refractivity contribution in [3.63, 3.8) is 0 Å². The maximum atomic E-state index is 3.48. The molecular formula is C10H13Br. The Labute approximate surface area is 76.8 Å². The van der Waals surface area contributed by atoms with Crippen molar-refractivity contribution < 1.29 is 0 Å². The quantitative estimate of drug-likeness (QED) is 0.673. The fourth-order valence-corrected chi connectivity index (χ4v) is 1.75. The van der Waals surface area contributed by atoms with Crippen molar-refractivity contribution in [3.05, 3.63) is 35.4 Å². The minimum Gasteiger partial charge on any atom is -0.0876 e. The fraction of sp³-hybridized carbons (Fsp3) is 0.400. The summed E-state index contributed by atoms with van der Waals surface area (Å²) in [6, 6.07) is 8.59. The van der Waals surface area contributed by atoms with Crippen molar-refractivity contribution in [1.29, 1.82) is 0 Å². The highest BCUT2D eigenvalue weighted by molar-refractivity contribution is 9.08. The zero-order chi connectivity index (χ0) is 8.10. The zero-order valence-corrected chi connectivity index (χ0v) is 8.39. The van der Waals surface area contributed by atoms with Gasteiger partial charge < -0.3 is 0 Å². The van der Waals surface area contributed by atoms with Gasteiger partial charge in [-0.25, -0.2) is 0 Å². The normalized spacial score (nSPS) is 10.0. The molecule has 0 fully saturated rings. The van der Waals surface area contributed by atoms with E-state index in [9.17, 15) is 0 Å². The number of benzene rings is 1. The van der Waals surface area contributed by atoms with Crippen LogP contribution in [0.5, 0.6) is 0 Å². The number of aryl methyl sites for hydroxylation is 1. The lowest BCUT2D eigenvalue weighted by molar-refractivity contribution is 0.912. The summed E-state index contributed by atoms with van der Waals surface area (Å²) in [6.45, 7) is 2.21. The maximum Gasteiger partial charge on any atom is 0.0285 e. The molecule has 1 aromatic carbocycles. The molecule has 0 N–H and O–H groups in total. The monoisotopic (exact) mass is 212 g/mol. The van der Waals surface area contributed by atoms with Crippen LogP contribution in [0.1, 0.15) is 24.5 Å². The highest BCUT2D eigenvalue weighted by Crippen LogP contribution is 2.13. The average Bonchev–Trinajstić information content (AvgIpc) is 2.06. The number of alkyl halides is 1. The summed E-state index contributed by atoms with van der Waals surface area (Å²) < 4.78 is 0. The second-order valence-electron chi connectivity index (χ2n) is 2.65. The molecule has 1 rings (SSSR count). The largest absolute Gasteiger partial charge is 0.0876 e. The SMILES string of the molecule is CCCc1ccccc1CBr. The number of rotatable bonds is 3. The fourth-order valence-electron chi connectivity index (χ4n) is 1.20. The third-order valence-electron chi connectivity index (χ3n) is 1.78. The van der Waals surface area contributed by atoms with E-state index in [4.69, 9.17) is 0 Å². The molecule has 0 aliphatic carbocycles. The summed E-state index contributed by atoms with van der Waals surface area (Å²) in [7, 11) is 0. The van der Waals surface area contributed by atoms with Crippen LogP contribution in [0.25, 0.3) is 0 Å². The second-order valence-corrected chi connectivity index (χ2v) is 3.21. The molecule has 0 atom stereocenters. The first-order chi connectivity index (χ1) is 5.38. The summed E-state index contributed by atoms with van der Waals surface area (Å²) >= 11 is 3.48. The van der Waals surface area contributed by atoms with Gasteiger partial charge in [0.05, 0.1) is 0 Å². The van der Waals surface area contributed by atoms with Gasteiger partial charge in [0, 0.05) is 5.33 Å². The summed E-state index contributed by atoms with van der Waals surface area (Å²) in [5, 5.41) is 0.975. The van der Waals surface area contributed by atoms with E-state index in [-0.39, 0.29) is 0 Å². The van der Waals surface area contributed by atoms with Gasteiger partial charge >= 0.3 is 0 Å². The van der Waals surface area contributed by atoms with Crippen molar-refractivity contribution >= 4 is 15.9 Å². The van der Waals surface area contributed by atoms with Crippen molar-refractivity contribution in [2.45, 2.75) is 25.1 Å². The van der Waals surface area contributed by atoms with Crippen LogP contribution < -0.4 is 0 Å². The first-order valence-corrected chi connectivity index (χ1v) is 5.13. The molecule has 0 heterocycles. The average molecular weight is 213 g/mol. The summed E-state index contributed by atoms with van der Waals surface area (Å²) in [5.74, 6) is 0. The minimum atomic E-state index is 0.975. The van der Waals surface area contributed by atoms with E-state index in [1.54, 1.807) is 0 Å². The molecule has 0 amide bonds. The van der Waals surface area contributed by atoms with Crippen LogP contribution in [0.3, 0.4) is 0 Å². The van der Waals surface area contributed by atoms with Gasteiger partial charge in [-0.15, -0.1) is 0 Å². The molecule has 11 heavy (non-hydrogen) atoms. The highest BCUT2D eigenvalue weighted by atomic mass is 79.9. The molecule has 1 aromatic rings. The molecule has 0 aromatic heterocycles. The predicted molar refractivity (Wildman–Crippen MR) is 53.1 cm³/mol. The van der Waals surface area contributed by atoms with Gasteiger partial charge in [-0.05, 0) is 17.5 Å². The van der Waals surface area contributed by atoms with Gasteiger partial charge in [-0.2, -0.15) is 0 Å². The van der Waals surface area contributed by atoms with Gasteiger partial charge in [-0.1, -0.05) is 53.5 Å². The van der Waals surface area contributed by atoms with E-state index < -0.39 is 0 Å². The minimum absolute atomic E-state index is 0.975. The van der Waals surface area contributed by atoms with Gasteiger partial charge in [-0.3, -0.25) is 0 Å². The Morgan fingerprint density at radius 2 is 1.82 bits per heavy atom. The van der Waals surface area contributed by atoms with Gasteiger partial charge in [0.2, 0.25) is 0 Å². The van der Waals surface area contributed by atoms with Crippen LogP contribution in [-0.4, -0.2) is 0 Å². The Kier molecular flexibility index (Phi) is 3.64. The molecule has 1 heteroatoms. The van der Waals surface area contributed by atoms with Crippen molar-refractivity contribution in [3.8, 4) is 0 Å². The van der Waals surface area contributed by atoms with E-state index in [1.807, 2.05) is 0 Å². The van der Waals surface area contributed by atoms with Gasteiger partial charge in [0.25, 0.3) is 0 Å². The van der Waals surface area contributed by atoms with Gasteiger partial charge in [0.1, 0.15) is 0 Å². The molecule has 0 aliphatic rings. The summed E-state index contributed by atoms with van der Waals surface area (Å²) in [5.41, 5.74) is 2.90. The van der Waals surface area contributed by atoms with E-state index in [2.05, 4.69) is 47.1 Å². The van der Waals surface area contributed by atoms with Crippen molar-refractivity contribution in [2.24, 2.45) is 0 Å². The summed E-state index contributed by atoms with van der Waals surface area (Å²) in [4.78, 5) is 0. The molecule has 0 saturated carbocycles. The maximum absolute atomic E-state index is 3.48. The molecule has 0 spiro atoms. The smallest absolute Gasteiger partial charge is 0.0285 e. The van der Waals surface area contributed by atoms with Crippen LogP contribution >= 0.6 is 15.9 Å². The molecular weight excluding hydrogens is 200 g/mol. The summed E-state index contributed by atoms with van der Waals surface area (Å²) in [6.07, 6.45) is 2.42. The molecule has 0 unspecified atom stereocenters. The van der Waals surface area contributed by atoms with E-state index in [0.717, 1.165) is 5.33 Å². The number of hydrogen-bond donors (Lipinski definition) is 0. The van der Waals surface area contributed by atoms with E-state index >= 15 is 0 Å². The van der Waals surface area contributed by atoms with Crippen LogP contribution in [0.15, 0.2) is 24.3 Å². The van der Waals surface area contributed by atoms with E-state index in [0.29, 0.717) is 0 Å². The molecule has 0 aliphatic heterocycles. The Morgan fingerprint density at radius 1 is 1.18 bits per heavy atom. The lowest BCUT2D eigenvalue weighted by Gasteiger charge is -2.03. The highest BCUT2D eigenvalue weighted by Gasteiger charge is 1.96. The Morgan fingerprint density at radius 3 is 2.36 bits per heavy atom. The second kappa shape index (κ2) is 4.55. The zero-order valence-electron chi connectivity index (χ0n) is 6.81. The topological polar surface area (TPSA) is 0 Å². The molecule has 60 valence electrons. The molecule has 0 nitrogen and oxygen atoms in total. The lowest BCUT2D eigenvalue weighted by atomic mass is 10.1. The third-order valence-corrected chi connectivity index (χ3v) is 2.39. The number of hydrogen-bond acceptors (Lipinski definition) is 0. The molecule has 0 radical (unpaired) electrons. The van der Waals surface area contributed by atoms with Crippen LogP contribution in [0.2, 0.25) is 0 Å². The van der Waals surface area contributed by atoms with Crippen LogP contribution in [-0.2, 0) is 11.8 Å². The Balaban J connectivity index is 2.83. The van der Waals surface area contributed by atoms with E-state index in [1.165, 1.54) is 24.0 Å². The Hall–Kier alpha value is -0.300. The van der Waals surface area contributed by atoms with Crippen molar-refractivity contribution in [2.75, 3.05) is 0 Å². The first-order valence-electron chi connectivity index (χ1n) is 4.01. The molecule has 0 saturated heterocycles. The lowest BCUT2D eigenvalue weighted by Crippen LogP contribution is -1.89. The standard InChI is InChI=1S/C10H13Br/c1-2-5-9-6-3-4-7-10(9)8-11/h3-4,6-7H,2,5,8H2,1H3. The molecule has 0 bridgehead atoms.